The number of carbonyl (C=O) groups excluding carboxylic acids is 4. The summed E-state index contributed by atoms with van der Waals surface area (Å²) in [5.41, 5.74) is 1.38. The number of nitrogens with zero attached hydrogens (tertiary/aromatic N) is 2. The molecule has 4 amide bonds. The first-order chi connectivity index (χ1) is 14.9. The molecular weight excluding hydrogens is 394 g/mol. The van der Waals surface area contributed by atoms with E-state index in [9.17, 15) is 19.2 Å². The first-order valence-corrected chi connectivity index (χ1v) is 11.1. The summed E-state index contributed by atoms with van der Waals surface area (Å²) < 4.78 is 0. The van der Waals surface area contributed by atoms with Gasteiger partial charge in [0.15, 0.2) is 0 Å². The summed E-state index contributed by atoms with van der Waals surface area (Å²) in [5, 5.41) is 2.87. The molecule has 0 saturated carbocycles. The van der Waals surface area contributed by atoms with E-state index in [1.807, 2.05) is 38.1 Å². The molecule has 1 N–H and O–H groups in total. The van der Waals surface area contributed by atoms with Gasteiger partial charge in [-0.1, -0.05) is 26.0 Å². The van der Waals surface area contributed by atoms with Gasteiger partial charge >= 0.3 is 0 Å². The molecule has 1 aromatic rings. The second kappa shape index (κ2) is 8.65. The molecule has 2 saturated heterocycles. The lowest BCUT2D eigenvalue weighted by Crippen LogP contribution is -2.48. The van der Waals surface area contributed by atoms with E-state index >= 15 is 0 Å². The maximum absolute atomic E-state index is 13.2. The smallest absolute Gasteiger partial charge is 0.247 e. The van der Waals surface area contributed by atoms with E-state index in [-0.39, 0.29) is 41.4 Å². The number of benzene rings is 1. The van der Waals surface area contributed by atoms with Gasteiger partial charge in [0.05, 0.1) is 11.8 Å². The number of fused-ring (bicyclic) bond motifs is 1. The minimum absolute atomic E-state index is 0.107. The molecule has 2 aliphatic heterocycles. The van der Waals surface area contributed by atoms with Gasteiger partial charge in [-0.15, -0.1) is 0 Å². The van der Waals surface area contributed by atoms with E-state index in [2.05, 4.69) is 5.32 Å². The maximum atomic E-state index is 13.2. The number of likely N-dealkylation sites (tertiary alicyclic amines) is 1. The fraction of sp³-hybridized carbons (Fsp3) is 0.500. The number of hydrogen-bond acceptors (Lipinski definition) is 4. The van der Waals surface area contributed by atoms with Gasteiger partial charge in [0.1, 0.15) is 6.04 Å². The fourth-order valence-electron chi connectivity index (χ4n) is 4.78. The highest BCUT2D eigenvalue weighted by Crippen LogP contribution is 2.37. The topological polar surface area (TPSA) is 86.8 Å². The van der Waals surface area contributed by atoms with E-state index in [4.69, 9.17) is 0 Å². The number of nitrogens with one attached hydrogen (secondary N) is 1. The van der Waals surface area contributed by atoms with Gasteiger partial charge in [0.25, 0.3) is 0 Å². The van der Waals surface area contributed by atoms with E-state index in [0.29, 0.717) is 37.9 Å². The van der Waals surface area contributed by atoms with E-state index < -0.39 is 6.04 Å². The lowest BCUT2D eigenvalue weighted by molar-refractivity contribution is -0.147. The zero-order valence-corrected chi connectivity index (χ0v) is 18.0. The number of allylic oxidation sites excluding steroid dienone is 2. The molecule has 0 aromatic heterocycles. The van der Waals surface area contributed by atoms with Crippen molar-refractivity contribution in [3.05, 3.63) is 36.4 Å². The molecule has 31 heavy (non-hydrogen) atoms. The number of carbonyl (C=O) groups is 4. The van der Waals surface area contributed by atoms with Crippen LogP contribution in [0.1, 0.15) is 46.0 Å². The van der Waals surface area contributed by atoms with Crippen LogP contribution in [0.4, 0.5) is 11.4 Å². The highest BCUT2D eigenvalue weighted by molar-refractivity contribution is 6.10. The minimum atomic E-state index is -0.828. The minimum Gasteiger partial charge on any atom is -0.324 e. The Balaban J connectivity index is 1.50. The summed E-state index contributed by atoms with van der Waals surface area (Å²) in [4.78, 5) is 54.1. The van der Waals surface area contributed by atoms with Crippen molar-refractivity contribution in [2.24, 2.45) is 17.8 Å². The van der Waals surface area contributed by atoms with Crippen molar-refractivity contribution >= 4 is 35.0 Å². The lowest BCUT2D eigenvalue weighted by atomic mass is 9.85. The van der Waals surface area contributed by atoms with Crippen molar-refractivity contribution in [2.75, 3.05) is 16.8 Å². The normalized spacial score (nSPS) is 24.2. The highest BCUT2D eigenvalue weighted by Gasteiger charge is 2.51. The van der Waals surface area contributed by atoms with Crippen LogP contribution in [0.2, 0.25) is 0 Å². The first-order valence-electron chi connectivity index (χ1n) is 11.1. The van der Waals surface area contributed by atoms with Gasteiger partial charge in [-0.25, -0.2) is 0 Å². The van der Waals surface area contributed by atoms with Crippen molar-refractivity contribution in [3.63, 3.8) is 0 Å². The Labute approximate surface area is 182 Å². The number of rotatable bonds is 6. The van der Waals surface area contributed by atoms with Crippen LogP contribution in [-0.2, 0) is 19.2 Å². The molecule has 0 spiro atoms. The number of hydrogen-bond donors (Lipinski definition) is 1. The van der Waals surface area contributed by atoms with Crippen molar-refractivity contribution in [1.29, 1.82) is 0 Å². The fourth-order valence-corrected chi connectivity index (χ4v) is 4.78. The van der Waals surface area contributed by atoms with Crippen LogP contribution in [0.15, 0.2) is 36.4 Å². The monoisotopic (exact) mass is 423 g/mol. The zero-order valence-electron chi connectivity index (χ0n) is 18.0. The SMILES string of the molecule is CC(C)CC(C(=O)Nc1ccc(N2CCCC2=O)cc1)N1C(=O)C2CC=CCC2C1=O. The van der Waals surface area contributed by atoms with Crippen LogP contribution in [-0.4, -0.2) is 41.1 Å². The summed E-state index contributed by atoms with van der Waals surface area (Å²) >= 11 is 0. The highest BCUT2D eigenvalue weighted by atomic mass is 16.2. The molecule has 3 unspecified atom stereocenters. The second-order valence-electron chi connectivity index (χ2n) is 9.03. The maximum Gasteiger partial charge on any atom is 0.247 e. The number of amides is 4. The van der Waals surface area contributed by atoms with Crippen molar-refractivity contribution in [2.45, 2.75) is 52.0 Å². The quantitative estimate of drug-likeness (QED) is 0.563. The Morgan fingerprint density at radius 3 is 2.16 bits per heavy atom. The summed E-state index contributed by atoms with van der Waals surface area (Å²) in [7, 11) is 0. The van der Waals surface area contributed by atoms with Crippen LogP contribution < -0.4 is 10.2 Å². The van der Waals surface area contributed by atoms with Crippen LogP contribution in [0.5, 0.6) is 0 Å². The molecule has 7 heteroatoms. The molecule has 3 atom stereocenters. The predicted molar refractivity (Wildman–Crippen MR) is 117 cm³/mol. The molecule has 3 aliphatic rings. The summed E-state index contributed by atoms with van der Waals surface area (Å²) in [6.07, 6.45) is 6.82. The van der Waals surface area contributed by atoms with E-state index in [1.165, 1.54) is 4.90 Å². The molecule has 1 aromatic carbocycles. The Bertz CT molecular complexity index is 895. The molecule has 164 valence electrons. The van der Waals surface area contributed by atoms with Gasteiger partial charge in [-0.2, -0.15) is 0 Å². The summed E-state index contributed by atoms with van der Waals surface area (Å²) in [6, 6.07) is 6.29. The molecule has 7 nitrogen and oxygen atoms in total. The van der Waals surface area contributed by atoms with Crippen LogP contribution in [0.3, 0.4) is 0 Å². The molecule has 0 bridgehead atoms. The number of imide groups is 1. The average Bonchev–Trinajstić information content (AvgIpc) is 3.28. The van der Waals surface area contributed by atoms with Crippen LogP contribution in [0, 0.1) is 17.8 Å². The third-order valence-electron chi connectivity index (χ3n) is 6.37. The third-order valence-corrected chi connectivity index (χ3v) is 6.37. The molecule has 0 radical (unpaired) electrons. The first kappa shape index (κ1) is 21.3. The van der Waals surface area contributed by atoms with Gasteiger partial charge in [-0.05, 0) is 55.9 Å². The van der Waals surface area contributed by atoms with Crippen molar-refractivity contribution in [1.82, 2.24) is 4.90 Å². The lowest BCUT2D eigenvalue weighted by Gasteiger charge is -2.27. The van der Waals surface area contributed by atoms with E-state index in [0.717, 1.165) is 12.1 Å². The Morgan fingerprint density at radius 1 is 1.03 bits per heavy atom. The van der Waals surface area contributed by atoms with Gasteiger partial charge in [0, 0.05) is 24.3 Å². The summed E-state index contributed by atoms with van der Waals surface area (Å²) in [5.74, 6) is -1.27. The predicted octanol–water partition coefficient (Wildman–Crippen LogP) is 3.12. The molecule has 2 heterocycles. The zero-order chi connectivity index (χ0) is 22.1. The Kier molecular flexibility index (Phi) is 5.94. The van der Waals surface area contributed by atoms with Gasteiger partial charge in [0.2, 0.25) is 23.6 Å². The summed E-state index contributed by atoms with van der Waals surface area (Å²) in [6.45, 7) is 4.65. The average molecular weight is 424 g/mol. The van der Waals surface area contributed by atoms with E-state index in [1.54, 1.807) is 17.0 Å². The third kappa shape index (κ3) is 4.13. The second-order valence-corrected chi connectivity index (χ2v) is 9.03. The Hall–Kier alpha value is -2.96. The largest absolute Gasteiger partial charge is 0.324 e. The molecule has 4 rings (SSSR count). The van der Waals surface area contributed by atoms with Crippen LogP contribution in [0.25, 0.3) is 0 Å². The van der Waals surface area contributed by atoms with Crippen molar-refractivity contribution < 1.29 is 19.2 Å². The standard InChI is InChI=1S/C24H29N3O4/c1-15(2)14-20(27-23(30)18-6-3-4-7-19(18)24(27)31)22(29)25-16-9-11-17(12-10-16)26-13-5-8-21(26)28/h3-4,9-12,15,18-20H,5-8,13-14H2,1-2H3,(H,25,29). The van der Waals surface area contributed by atoms with Gasteiger partial charge in [-0.3, -0.25) is 24.1 Å². The van der Waals surface area contributed by atoms with Crippen molar-refractivity contribution in [3.8, 4) is 0 Å². The molecule has 1 aliphatic carbocycles. The number of anilines is 2. The van der Waals surface area contributed by atoms with Crippen LogP contribution >= 0.6 is 0 Å². The Morgan fingerprint density at radius 2 is 1.65 bits per heavy atom. The molecule has 2 fully saturated rings. The molecular formula is C24H29N3O4. The van der Waals surface area contributed by atoms with Gasteiger partial charge < -0.3 is 10.2 Å².